The normalized spacial score (nSPS) is 14.6. The van der Waals surface area contributed by atoms with E-state index in [0.717, 1.165) is 10.1 Å². The first kappa shape index (κ1) is 12.2. The third-order valence-corrected chi connectivity index (χ3v) is 4.20. The lowest BCUT2D eigenvalue weighted by molar-refractivity contribution is 0.465. The van der Waals surface area contributed by atoms with Gasteiger partial charge >= 0.3 is 11.4 Å². The lowest BCUT2D eigenvalue weighted by Gasteiger charge is -2.16. The molecule has 0 bridgehead atoms. The van der Waals surface area contributed by atoms with E-state index < -0.39 is 0 Å². The largest absolute Gasteiger partial charge is 0.352 e. The van der Waals surface area contributed by atoms with Gasteiger partial charge in [-0.05, 0) is 24.6 Å². The first-order valence-corrected chi connectivity index (χ1v) is 6.71. The number of allylic oxidation sites excluding steroid dienone is 2. The van der Waals surface area contributed by atoms with Gasteiger partial charge in [0, 0.05) is 4.48 Å². The Hall–Kier alpha value is -1.82. The summed E-state index contributed by atoms with van der Waals surface area (Å²) in [5.41, 5.74) is 1.06. The van der Waals surface area contributed by atoms with Gasteiger partial charge in [0.25, 0.3) is 0 Å². The molecule has 2 aromatic rings. The molecule has 0 unspecified atom stereocenters. The number of hydrogen-bond acceptors (Lipinski definition) is 2. The molecule has 98 valence electrons. The molecule has 0 fully saturated rings. The molecule has 0 N–H and O–H groups in total. The van der Waals surface area contributed by atoms with Gasteiger partial charge in [0.15, 0.2) is 0 Å². The second-order valence-corrected chi connectivity index (χ2v) is 5.49. The number of fused-ring (bicyclic) bond motifs is 1. The highest BCUT2D eigenvalue weighted by molar-refractivity contribution is 9.11. The van der Waals surface area contributed by atoms with E-state index in [2.05, 4.69) is 15.9 Å². The molecule has 0 aliphatic carbocycles. The Balaban J connectivity index is 2.25. The maximum atomic E-state index is 12.4. The number of aromatic nitrogens is 3. The fraction of sp³-hybridized carbons (Fsp3) is 0.231. The average molecular weight is 322 g/mol. The average Bonchev–Trinajstić information content (AvgIpc) is 2.64. The molecule has 6 heteroatoms. The van der Waals surface area contributed by atoms with Crippen LogP contribution in [0.4, 0.5) is 0 Å². The maximum Gasteiger partial charge on any atom is 0.352 e. The molecule has 1 aromatic heterocycles. The van der Waals surface area contributed by atoms with Crippen molar-refractivity contribution in [3.63, 3.8) is 0 Å². The highest BCUT2D eigenvalue weighted by Crippen LogP contribution is 2.18. The van der Waals surface area contributed by atoms with Crippen LogP contribution < -0.4 is 11.4 Å². The Labute approximate surface area is 117 Å². The molecular weight excluding hydrogens is 310 g/mol. The topological polar surface area (TPSA) is 48.9 Å². The minimum absolute atomic E-state index is 0.296. The van der Waals surface area contributed by atoms with Gasteiger partial charge in [0.2, 0.25) is 0 Å². The Morgan fingerprint density at radius 2 is 1.58 bits per heavy atom. The van der Waals surface area contributed by atoms with E-state index >= 15 is 0 Å². The molecule has 0 amide bonds. The van der Waals surface area contributed by atoms with E-state index in [9.17, 15) is 9.59 Å². The van der Waals surface area contributed by atoms with Crippen molar-refractivity contribution in [2.75, 3.05) is 0 Å². The predicted molar refractivity (Wildman–Crippen MR) is 75.9 cm³/mol. The van der Waals surface area contributed by atoms with Crippen LogP contribution in [0.25, 0.3) is 5.69 Å². The molecule has 0 saturated carbocycles. The van der Waals surface area contributed by atoms with Gasteiger partial charge in [0.1, 0.15) is 0 Å². The number of nitrogens with zero attached hydrogens (tertiary/aromatic N) is 3. The van der Waals surface area contributed by atoms with Crippen LogP contribution >= 0.6 is 15.9 Å². The summed E-state index contributed by atoms with van der Waals surface area (Å²) in [5, 5.41) is 0. The first-order valence-electron chi connectivity index (χ1n) is 5.92. The van der Waals surface area contributed by atoms with Crippen LogP contribution in [-0.2, 0) is 13.1 Å². The minimum Gasteiger partial charge on any atom is -0.245 e. The summed E-state index contributed by atoms with van der Waals surface area (Å²) in [4.78, 5) is 24.7. The highest BCUT2D eigenvalue weighted by Gasteiger charge is 2.21. The van der Waals surface area contributed by atoms with E-state index in [1.165, 1.54) is 13.9 Å². The van der Waals surface area contributed by atoms with Crippen molar-refractivity contribution in [2.45, 2.75) is 20.0 Å². The van der Waals surface area contributed by atoms with E-state index in [0.29, 0.717) is 18.8 Å². The van der Waals surface area contributed by atoms with Crippen molar-refractivity contribution >= 4 is 15.9 Å². The van der Waals surface area contributed by atoms with Gasteiger partial charge in [-0.25, -0.2) is 23.5 Å². The van der Waals surface area contributed by atoms with Crippen LogP contribution in [0.2, 0.25) is 0 Å². The lowest BCUT2D eigenvalue weighted by Crippen LogP contribution is -2.31. The van der Waals surface area contributed by atoms with Crippen LogP contribution in [0.1, 0.15) is 6.92 Å². The summed E-state index contributed by atoms with van der Waals surface area (Å²) < 4.78 is 5.11. The summed E-state index contributed by atoms with van der Waals surface area (Å²) in [6, 6.07) is 8.98. The van der Waals surface area contributed by atoms with E-state index in [1.807, 2.05) is 25.1 Å². The molecule has 1 aliphatic heterocycles. The fourth-order valence-corrected chi connectivity index (χ4v) is 2.56. The van der Waals surface area contributed by atoms with Crippen molar-refractivity contribution in [1.29, 1.82) is 0 Å². The van der Waals surface area contributed by atoms with Crippen molar-refractivity contribution in [2.24, 2.45) is 0 Å². The van der Waals surface area contributed by atoms with Crippen LogP contribution in [-0.4, -0.2) is 13.9 Å². The summed E-state index contributed by atoms with van der Waals surface area (Å²) in [6.45, 7) is 2.79. The number of rotatable bonds is 1. The zero-order valence-corrected chi connectivity index (χ0v) is 11.9. The third-order valence-electron chi connectivity index (χ3n) is 3.27. The second kappa shape index (κ2) is 4.38. The summed E-state index contributed by atoms with van der Waals surface area (Å²) in [7, 11) is 0. The maximum absolute atomic E-state index is 12.4. The van der Waals surface area contributed by atoms with Crippen molar-refractivity contribution in [1.82, 2.24) is 13.9 Å². The molecule has 0 spiro atoms. The third kappa shape index (κ3) is 1.83. The lowest BCUT2D eigenvalue weighted by atomic mass is 10.2. The van der Waals surface area contributed by atoms with E-state index in [4.69, 9.17) is 0 Å². The van der Waals surface area contributed by atoms with E-state index in [-0.39, 0.29) is 11.4 Å². The molecule has 1 aromatic carbocycles. The molecule has 3 rings (SSSR count). The van der Waals surface area contributed by atoms with Crippen LogP contribution in [0.3, 0.4) is 0 Å². The predicted octanol–water partition coefficient (Wildman–Crippen LogP) is 1.48. The molecule has 1 aliphatic rings. The SMILES string of the molecule is CC1=C(Br)Cn2c(=O)n(-c3ccccc3)c(=O)n2C1. The molecular formula is C13H12BrN3O2. The molecule has 0 atom stereocenters. The summed E-state index contributed by atoms with van der Waals surface area (Å²) in [6.07, 6.45) is 0. The molecule has 2 heterocycles. The molecule has 19 heavy (non-hydrogen) atoms. The second-order valence-electron chi connectivity index (χ2n) is 4.54. The number of para-hydroxylation sites is 1. The van der Waals surface area contributed by atoms with Gasteiger partial charge in [-0.1, -0.05) is 34.1 Å². The van der Waals surface area contributed by atoms with Gasteiger partial charge in [-0.15, -0.1) is 0 Å². The van der Waals surface area contributed by atoms with Crippen LogP contribution in [0, 0.1) is 0 Å². The van der Waals surface area contributed by atoms with Gasteiger partial charge < -0.3 is 0 Å². The number of halogens is 1. The molecule has 0 radical (unpaired) electrons. The van der Waals surface area contributed by atoms with Crippen LogP contribution in [0.5, 0.6) is 0 Å². The van der Waals surface area contributed by atoms with Crippen molar-refractivity contribution < 1.29 is 0 Å². The zero-order chi connectivity index (χ0) is 13.6. The Morgan fingerprint density at radius 3 is 2.21 bits per heavy atom. The molecule has 0 saturated heterocycles. The fourth-order valence-electron chi connectivity index (χ4n) is 2.20. The van der Waals surface area contributed by atoms with E-state index in [1.54, 1.807) is 12.1 Å². The summed E-state index contributed by atoms with van der Waals surface area (Å²) >= 11 is 3.44. The quantitative estimate of drug-likeness (QED) is 0.799. The minimum atomic E-state index is -0.305. The van der Waals surface area contributed by atoms with Crippen molar-refractivity contribution in [3.05, 3.63) is 61.4 Å². The zero-order valence-electron chi connectivity index (χ0n) is 10.3. The monoisotopic (exact) mass is 321 g/mol. The Bertz CT molecular complexity index is 735. The Kier molecular flexibility index (Phi) is 2.82. The number of hydrogen-bond donors (Lipinski definition) is 0. The van der Waals surface area contributed by atoms with Crippen LogP contribution in [0.15, 0.2) is 50.0 Å². The van der Waals surface area contributed by atoms with Gasteiger partial charge in [-0.3, -0.25) is 0 Å². The molecule has 5 nitrogen and oxygen atoms in total. The Morgan fingerprint density at radius 1 is 1.00 bits per heavy atom. The van der Waals surface area contributed by atoms with Crippen molar-refractivity contribution in [3.8, 4) is 5.69 Å². The standard InChI is InChI=1S/C13H12BrN3O2/c1-9-7-15-12(18)17(10-5-3-2-4-6-10)13(19)16(15)8-11(9)14/h2-6H,7-8H2,1H3. The van der Waals surface area contributed by atoms with Gasteiger partial charge in [0.05, 0.1) is 18.8 Å². The highest BCUT2D eigenvalue weighted by atomic mass is 79.9. The number of benzene rings is 1. The summed E-state index contributed by atoms with van der Waals surface area (Å²) in [5.74, 6) is 0. The smallest absolute Gasteiger partial charge is 0.245 e. The van der Waals surface area contributed by atoms with Gasteiger partial charge in [-0.2, -0.15) is 0 Å². The first-order chi connectivity index (χ1) is 9.09.